The van der Waals surface area contributed by atoms with Crippen molar-refractivity contribution < 1.29 is 32.2 Å². The fraction of sp³-hybridized carbons (Fsp3) is 0.385. The molecule has 1 aliphatic heterocycles. The minimum absolute atomic E-state index is 0.00461. The first kappa shape index (κ1) is 25.9. The summed E-state index contributed by atoms with van der Waals surface area (Å²) in [5, 5.41) is 2.80. The number of halogens is 3. The second kappa shape index (κ2) is 9.84. The van der Waals surface area contributed by atoms with Gasteiger partial charge in [0.1, 0.15) is 16.8 Å². The zero-order valence-corrected chi connectivity index (χ0v) is 20.3. The number of aromatic nitrogens is 2. The highest BCUT2D eigenvalue weighted by Gasteiger charge is 2.58. The van der Waals surface area contributed by atoms with E-state index in [2.05, 4.69) is 20.0 Å². The number of benzene rings is 1. The van der Waals surface area contributed by atoms with E-state index in [0.29, 0.717) is 44.8 Å². The van der Waals surface area contributed by atoms with Crippen LogP contribution in [0.3, 0.4) is 0 Å². The van der Waals surface area contributed by atoms with Gasteiger partial charge in [-0.05, 0) is 18.9 Å². The molecule has 2 amide bonds. The third-order valence-electron chi connectivity index (χ3n) is 7.10. The van der Waals surface area contributed by atoms with Crippen molar-refractivity contribution in [2.45, 2.75) is 36.7 Å². The Morgan fingerprint density at radius 2 is 1.76 bits per heavy atom. The summed E-state index contributed by atoms with van der Waals surface area (Å²) >= 11 is 0. The molecule has 0 bridgehead atoms. The summed E-state index contributed by atoms with van der Waals surface area (Å²) < 4.78 is 50.5. The first-order valence-electron chi connectivity index (χ1n) is 12.1. The normalized spacial score (nSPS) is 23.1. The van der Waals surface area contributed by atoms with Gasteiger partial charge in [0.25, 0.3) is 0 Å². The Morgan fingerprint density at radius 1 is 1.05 bits per heavy atom. The molecule has 38 heavy (non-hydrogen) atoms. The minimum atomic E-state index is -5.07. The molecule has 1 aromatic carbocycles. The number of hydrogen-bond donors (Lipinski definition) is 2. The standard InChI is InChI=1S/C26H26F3N5O4/c27-26(28,29)38-21-7-6-18(22(30)35)14-25(21,20-16-31-19(15-32-20)17-4-2-1-3-5-17)33-23(36)24(8-9-24)34-10-12-37-13-11-34/h1-7,15-16H,8-14H2,(H2,30,35)(H,33,36). The molecule has 1 saturated heterocycles. The zero-order chi connectivity index (χ0) is 27.0. The van der Waals surface area contributed by atoms with Gasteiger partial charge in [-0.2, -0.15) is 0 Å². The fourth-order valence-corrected chi connectivity index (χ4v) is 4.97. The first-order valence-corrected chi connectivity index (χ1v) is 12.1. The van der Waals surface area contributed by atoms with E-state index in [1.54, 1.807) is 0 Å². The lowest BCUT2D eigenvalue weighted by Gasteiger charge is -2.41. The number of allylic oxidation sites excluding steroid dienone is 2. The lowest BCUT2D eigenvalue weighted by Crippen LogP contribution is -2.59. The van der Waals surface area contributed by atoms with Crippen LogP contribution < -0.4 is 11.1 Å². The summed E-state index contributed by atoms with van der Waals surface area (Å²) in [6.45, 7) is 1.92. The Balaban J connectivity index is 1.57. The summed E-state index contributed by atoms with van der Waals surface area (Å²) in [4.78, 5) is 36.7. The van der Waals surface area contributed by atoms with Crippen molar-refractivity contribution in [1.82, 2.24) is 20.2 Å². The topological polar surface area (TPSA) is 120 Å². The molecule has 9 nitrogen and oxygen atoms in total. The number of morpholine rings is 1. The Hall–Kier alpha value is -3.77. The maximum atomic E-state index is 13.8. The van der Waals surface area contributed by atoms with Crippen molar-refractivity contribution in [3.63, 3.8) is 0 Å². The first-order chi connectivity index (χ1) is 18.1. The van der Waals surface area contributed by atoms with Gasteiger partial charge in [0.2, 0.25) is 11.8 Å². The smallest absolute Gasteiger partial charge is 0.407 e. The molecule has 3 aliphatic rings. The van der Waals surface area contributed by atoms with Gasteiger partial charge in [-0.3, -0.25) is 24.5 Å². The Morgan fingerprint density at radius 3 is 2.34 bits per heavy atom. The highest BCUT2D eigenvalue weighted by molar-refractivity contribution is 5.94. The molecular weight excluding hydrogens is 503 g/mol. The summed E-state index contributed by atoms with van der Waals surface area (Å²) in [7, 11) is 0. The van der Waals surface area contributed by atoms with Crippen molar-refractivity contribution in [3.8, 4) is 11.3 Å². The molecule has 5 rings (SSSR count). The van der Waals surface area contributed by atoms with E-state index in [4.69, 9.17) is 10.5 Å². The predicted octanol–water partition coefficient (Wildman–Crippen LogP) is 2.56. The Labute approximate surface area is 216 Å². The van der Waals surface area contributed by atoms with Gasteiger partial charge in [-0.25, -0.2) is 0 Å². The molecule has 1 saturated carbocycles. The van der Waals surface area contributed by atoms with Crippen LogP contribution in [0.5, 0.6) is 0 Å². The molecule has 2 heterocycles. The number of carbonyl (C=O) groups excluding carboxylic acids is 2. The van der Waals surface area contributed by atoms with Crippen LogP contribution in [0.25, 0.3) is 11.3 Å². The Kier molecular flexibility index (Phi) is 6.70. The summed E-state index contributed by atoms with van der Waals surface area (Å²) in [6, 6.07) is 9.09. The average molecular weight is 530 g/mol. The minimum Gasteiger partial charge on any atom is -0.407 e. The fourth-order valence-electron chi connectivity index (χ4n) is 4.97. The molecule has 3 N–H and O–H groups in total. The molecule has 2 aliphatic carbocycles. The van der Waals surface area contributed by atoms with Gasteiger partial charge in [-0.15, -0.1) is 13.2 Å². The number of carbonyl (C=O) groups is 2. The highest BCUT2D eigenvalue weighted by Crippen LogP contribution is 2.46. The van der Waals surface area contributed by atoms with Gasteiger partial charge in [-0.1, -0.05) is 36.4 Å². The lowest BCUT2D eigenvalue weighted by atomic mass is 9.81. The predicted molar refractivity (Wildman–Crippen MR) is 129 cm³/mol. The van der Waals surface area contributed by atoms with E-state index in [0.717, 1.165) is 17.7 Å². The van der Waals surface area contributed by atoms with Crippen molar-refractivity contribution in [3.05, 3.63) is 71.9 Å². The number of primary amides is 1. The molecule has 2 aromatic rings. The third-order valence-corrected chi connectivity index (χ3v) is 7.10. The average Bonchev–Trinajstić information content (AvgIpc) is 3.72. The van der Waals surface area contributed by atoms with Gasteiger partial charge in [0, 0.05) is 30.6 Å². The van der Waals surface area contributed by atoms with Crippen LogP contribution in [0, 0.1) is 0 Å². The molecule has 0 radical (unpaired) electrons. The van der Waals surface area contributed by atoms with E-state index in [1.165, 1.54) is 12.4 Å². The van der Waals surface area contributed by atoms with Crippen molar-refractivity contribution in [2.24, 2.45) is 5.73 Å². The maximum absolute atomic E-state index is 13.8. The zero-order valence-electron chi connectivity index (χ0n) is 20.3. The highest BCUT2D eigenvalue weighted by atomic mass is 19.4. The van der Waals surface area contributed by atoms with Gasteiger partial charge in [0.05, 0.1) is 37.0 Å². The van der Waals surface area contributed by atoms with Gasteiger partial charge < -0.3 is 20.5 Å². The monoisotopic (exact) mass is 529 g/mol. The molecule has 2 fully saturated rings. The second-order valence-corrected chi connectivity index (χ2v) is 9.46. The number of rotatable bonds is 7. The Bertz CT molecular complexity index is 1270. The van der Waals surface area contributed by atoms with Crippen LogP contribution in [-0.4, -0.2) is 64.9 Å². The van der Waals surface area contributed by atoms with Crippen LogP contribution in [0.1, 0.15) is 25.0 Å². The third kappa shape index (κ3) is 5.01. The largest absolute Gasteiger partial charge is 0.572 e. The van der Waals surface area contributed by atoms with E-state index >= 15 is 0 Å². The summed E-state index contributed by atoms with van der Waals surface area (Å²) in [5.41, 5.74) is 3.85. The van der Waals surface area contributed by atoms with Gasteiger partial charge in [0.15, 0.2) is 0 Å². The van der Waals surface area contributed by atoms with Crippen LogP contribution in [0.4, 0.5) is 13.2 Å². The molecule has 12 heteroatoms. The molecule has 0 spiro atoms. The summed E-state index contributed by atoms with van der Waals surface area (Å²) in [5.74, 6) is -1.97. The lowest BCUT2D eigenvalue weighted by molar-refractivity contribution is -0.310. The number of nitrogens with one attached hydrogen (secondary N) is 1. The number of amides is 2. The number of alkyl halides is 3. The van der Waals surface area contributed by atoms with E-state index in [-0.39, 0.29) is 11.3 Å². The van der Waals surface area contributed by atoms with E-state index in [1.807, 2.05) is 35.2 Å². The number of nitrogens with zero attached hydrogens (tertiary/aromatic N) is 3. The number of hydrogen-bond acceptors (Lipinski definition) is 7. The number of nitrogens with two attached hydrogens (primary N) is 1. The SMILES string of the molecule is NC(=O)C1=CC=C(OC(F)(F)F)C(NC(=O)C2(N3CCOCC3)CC2)(c2cnc(-c3ccccc3)cn2)C1. The van der Waals surface area contributed by atoms with Crippen molar-refractivity contribution >= 4 is 11.8 Å². The molecule has 200 valence electrons. The molecular formula is C26H26F3N5O4. The van der Waals surface area contributed by atoms with E-state index < -0.39 is 41.4 Å². The maximum Gasteiger partial charge on any atom is 0.572 e. The van der Waals surface area contributed by atoms with Crippen molar-refractivity contribution in [1.29, 1.82) is 0 Å². The van der Waals surface area contributed by atoms with Crippen LogP contribution in [-0.2, 0) is 24.6 Å². The molecule has 1 unspecified atom stereocenters. The molecule has 1 atom stereocenters. The van der Waals surface area contributed by atoms with Crippen LogP contribution in [0.2, 0.25) is 0 Å². The molecule has 1 aromatic heterocycles. The van der Waals surface area contributed by atoms with Crippen LogP contribution >= 0.6 is 0 Å². The van der Waals surface area contributed by atoms with E-state index in [9.17, 15) is 22.8 Å². The van der Waals surface area contributed by atoms with Gasteiger partial charge >= 0.3 is 6.36 Å². The van der Waals surface area contributed by atoms with Crippen molar-refractivity contribution in [2.75, 3.05) is 26.3 Å². The number of ether oxygens (including phenoxy) is 2. The second-order valence-electron chi connectivity index (χ2n) is 9.46. The summed E-state index contributed by atoms with van der Waals surface area (Å²) in [6.07, 6.45) is 0.450. The quantitative estimate of drug-likeness (QED) is 0.566. The van der Waals surface area contributed by atoms with Crippen LogP contribution in [0.15, 0.2) is 66.2 Å².